The summed E-state index contributed by atoms with van der Waals surface area (Å²) in [6.07, 6.45) is -11.5. The quantitative estimate of drug-likeness (QED) is 0.0831. The van der Waals surface area contributed by atoms with Crippen molar-refractivity contribution in [2.75, 3.05) is 5.32 Å². The van der Waals surface area contributed by atoms with Crippen molar-refractivity contribution < 1.29 is 40.7 Å². The topological polar surface area (TPSA) is 67.4 Å². The third-order valence-corrected chi connectivity index (χ3v) is 10.9. The van der Waals surface area contributed by atoms with E-state index in [1.54, 1.807) is 72.8 Å². The Morgan fingerprint density at radius 3 is 1.50 bits per heavy atom. The molecule has 0 aliphatic carbocycles. The van der Waals surface area contributed by atoms with Gasteiger partial charge in [-0.2, -0.15) is 26.3 Å². The van der Waals surface area contributed by atoms with Gasteiger partial charge in [-0.3, -0.25) is 0 Å². The van der Waals surface area contributed by atoms with E-state index in [-0.39, 0.29) is 11.6 Å². The van der Waals surface area contributed by atoms with E-state index in [0.717, 1.165) is 10.6 Å². The molecule has 0 saturated heterocycles. The molecule has 5 nitrogen and oxygen atoms in total. The van der Waals surface area contributed by atoms with Crippen LogP contribution in [0.4, 0.5) is 36.8 Å². The molecule has 6 aromatic rings. The highest BCUT2D eigenvalue weighted by Gasteiger charge is 2.38. The summed E-state index contributed by atoms with van der Waals surface area (Å²) in [4.78, 5) is 28.0. The summed E-state index contributed by atoms with van der Waals surface area (Å²) in [5.74, 6) is -0.713. The standard InChI is InChI=1S/C42H31F6N2O3P/c43-41(44,45)30-25-31(42(46,47)48)27-32(26-30)49-40(52)50-37(28-15-5-1-6-16-28)38(29-17-7-2-8-18-29)53-39(51)35-23-13-14-24-36(35)54(33-19-9-3-10-20-33)34-21-11-4-12-22-34/h1-27,37-38H,(H2,49,50,52). The Morgan fingerprint density at radius 1 is 0.556 bits per heavy atom. The number of carbonyl (C=O) groups excluding carboxylic acids is 2. The number of anilines is 1. The fourth-order valence-electron chi connectivity index (χ4n) is 5.90. The number of amides is 2. The number of esters is 1. The van der Waals surface area contributed by atoms with Gasteiger partial charge in [-0.25, -0.2) is 9.59 Å². The zero-order chi connectivity index (χ0) is 38.3. The van der Waals surface area contributed by atoms with Crippen LogP contribution in [0.5, 0.6) is 0 Å². The van der Waals surface area contributed by atoms with E-state index in [0.29, 0.717) is 28.6 Å². The maximum atomic E-state index is 14.4. The summed E-state index contributed by atoms with van der Waals surface area (Å²) in [7, 11) is -1.24. The maximum absolute atomic E-state index is 14.4. The van der Waals surface area contributed by atoms with Crippen LogP contribution in [-0.2, 0) is 17.1 Å². The summed E-state index contributed by atoms with van der Waals surface area (Å²) in [5.41, 5.74) is -2.74. The number of hydrogen-bond donors (Lipinski definition) is 2. The fraction of sp³-hybridized carbons (Fsp3) is 0.0952. The molecule has 6 rings (SSSR count). The highest BCUT2D eigenvalue weighted by molar-refractivity contribution is 7.80. The van der Waals surface area contributed by atoms with Crippen molar-refractivity contribution in [1.29, 1.82) is 0 Å². The molecule has 0 aromatic heterocycles. The smallest absolute Gasteiger partial charge is 0.416 e. The largest absolute Gasteiger partial charge is 0.451 e. The second kappa shape index (κ2) is 16.4. The number of ether oxygens (including phenoxy) is 1. The predicted molar refractivity (Wildman–Crippen MR) is 198 cm³/mol. The maximum Gasteiger partial charge on any atom is 0.416 e. The Balaban J connectivity index is 1.38. The lowest BCUT2D eigenvalue weighted by molar-refractivity contribution is -0.143. The first-order valence-corrected chi connectivity index (χ1v) is 17.9. The molecular formula is C42H31F6N2O3P. The number of nitrogens with one attached hydrogen (secondary N) is 2. The first-order chi connectivity index (χ1) is 25.9. The van der Waals surface area contributed by atoms with Crippen molar-refractivity contribution in [3.63, 3.8) is 0 Å². The molecule has 2 unspecified atom stereocenters. The lowest BCUT2D eigenvalue weighted by Crippen LogP contribution is -2.37. The second-order valence-electron chi connectivity index (χ2n) is 12.0. The minimum atomic E-state index is -5.12. The van der Waals surface area contributed by atoms with Crippen LogP contribution in [0, 0.1) is 0 Å². The van der Waals surface area contributed by atoms with Crippen LogP contribution in [0.3, 0.4) is 0 Å². The molecular weight excluding hydrogens is 725 g/mol. The normalized spacial score (nSPS) is 12.8. The van der Waals surface area contributed by atoms with Crippen LogP contribution in [-0.4, -0.2) is 12.0 Å². The number of benzene rings is 6. The molecule has 0 spiro atoms. The predicted octanol–water partition coefficient (Wildman–Crippen LogP) is 9.94. The molecule has 0 radical (unpaired) electrons. The average molecular weight is 757 g/mol. The molecule has 0 fully saturated rings. The summed E-state index contributed by atoms with van der Waals surface area (Å²) in [6.45, 7) is 0. The molecule has 0 aliphatic rings. The summed E-state index contributed by atoms with van der Waals surface area (Å²) >= 11 is 0. The van der Waals surface area contributed by atoms with E-state index in [1.165, 1.54) is 0 Å². The van der Waals surface area contributed by atoms with Crippen LogP contribution in [0.15, 0.2) is 164 Å². The number of alkyl halides is 6. The van der Waals surface area contributed by atoms with Crippen molar-refractivity contribution >= 4 is 41.5 Å². The van der Waals surface area contributed by atoms with Gasteiger partial charge < -0.3 is 15.4 Å². The van der Waals surface area contributed by atoms with E-state index in [2.05, 4.69) is 10.6 Å². The Bertz CT molecular complexity index is 2110. The lowest BCUT2D eigenvalue weighted by Gasteiger charge is -2.30. The zero-order valence-electron chi connectivity index (χ0n) is 28.2. The van der Waals surface area contributed by atoms with Gasteiger partial charge in [0.25, 0.3) is 0 Å². The monoisotopic (exact) mass is 756 g/mol. The Kier molecular flexibility index (Phi) is 11.5. The van der Waals surface area contributed by atoms with Crippen molar-refractivity contribution in [3.8, 4) is 0 Å². The van der Waals surface area contributed by atoms with Crippen LogP contribution < -0.4 is 26.5 Å². The van der Waals surface area contributed by atoms with E-state index < -0.39 is 61.2 Å². The number of carbonyl (C=O) groups is 2. The lowest BCUT2D eigenvalue weighted by atomic mass is 9.95. The SMILES string of the molecule is O=C(Nc1cc(C(F)(F)F)cc(C(F)(F)F)c1)NC(c1ccccc1)C(OC(=O)c1ccccc1P(c1ccccc1)c1ccccc1)c1ccccc1. The molecule has 12 heteroatoms. The molecule has 0 bridgehead atoms. The Labute approximate surface area is 308 Å². The van der Waals surface area contributed by atoms with Crippen molar-refractivity contribution in [2.45, 2.75) is 24.5 Å². The molecule has 0 aliphatic heterocycles. The molecule has 0 saturated carbocycles. The molecule has 6 aromatic carbocycles. The molecule has 2 atom stereocenters. The number of urea groups is 1. The van der Waals surface area contributed by atoms with Gasteiger partial charge in [0.2, 0.25) is 0 Å². The van der Waals surface area contributed by atoms with Gasteiger partial charge in [0, 0.05) is 5.69 Å². The fourth-order valence-corrected chi connectivity index (χ4v) is 8.34. The zero-order valence-corrected chi connectivity index (χ0v) is 29.1. The van der Waals surface area contributed by atoms with Crippen molar-refractivity contribution in [3.05, 3.63) is 192 Å². The third-order valence-electron chi connectivity index (χ3n) is 8.35. The summed E-state index contributed by atoms with van der Waals surface area (Å²) in [5, 5.41) is 7.48. The van der Waals surface area contributed by atoms with Crippen molar-refractivity contribution in [1.82, 2.24) is 5.32 Å². The minimum Gasteiger partial charge on any atom is -0.451 e. The van der Waals surface area contributed by atoms with Crippen LogP contribution in [0.1, 0.15) is 44.8 Å². The van der Waals surface area contributed by atoms with Crippen LogP contribution in [0.25, 0.3) is 0 Å². The molecule has 274 valence electrons. The van der Waals surface area contributed by atoms with Gasteiger partial charge in [0.05, 0.1) is 22.7 Å². The third kappa shape index (κ3) is 9.16. The first kappa shape index (κ1) is 37.8. The molecule has 2 amide bonds. The van der Waals surface area contributed by atoms with Gasteiger partial charge in [-0.15, -0.1) is 0 Å². The highest BCUT2D eigenvalue weighted by Crippen LogP contribution is 2.39. The van der Waals surface area contributed by atoms with Gasteiger partial charge in [-0.1, -0.05) is 140 Å². The number of hydrogen-bond acceptors (Lipinski definition) is 3. The van der Waals surface area contributed by atoms with Crippen LogP contribution >= 0.6 is 7.92 Å². The van der Waals surface area contributed by atoms with E-state index in [1.807, 2.05) is 72.8 Å². The minimum absolute atomic E-state index is 0.0277. The van der Waals surface area contributed by atoms with Crippen LogP contribution in [0.2, 0.25) is 0 Å². The van der Waals surface area contributed by atoms with Crippen molar-refractivity contribution in [2.24, 2.45) is 0 Å². The van der Waals surface area contributed by atoms with Gasteiger partial charge >= 0.3 is 24.4 Å². The first-order valence-electron chi connectivity index (χ1n) is 16.6. The number of rotatable bonds is 10. The molecule has 54 heavy (non-hydrogen) atoms. The second-order valence-corrected chi connectivity index (χ2v) is 14.2. The van der Waals surface area contributed by atoms with E-state index in [4.69, 9.17) is 4.74 Å². The summed E-state index contributed by atoms with van der Waals surface area (Å²) in [6, 6.07) is 41.9. The average Bonchev–Trinajstić information content (AvgIpc) is 3.17. The summed E-state index contributed by atoms with van der Waals surface area (Å²) < 4.78 is 87.8. The van der Waals surface area contributed by atoms with Gasteiger partial charge in [0.15, 0.2) is 6.10 Å². The molecule has 2 N–H and O–H groups in total. The number of halogens is 6. The van der Waals surface area contributed by atoms with E-state index in [9.17, 15) is 35.9 Å². The molecule has 0 heterocycles. The van der Waals surface area contributed by atoms with Gasteiger partial charge in [-0.05, 0) is 59.2 Å². The van der Waals surface area contributed by atoms with E-state index >= 15 is 0 Å². The Morgan fingerprint density at radius 2 is 1.00 bits per heavy atom. The Hall–Kier alpha value is -5.93. The highest BCUT2D eigenvalue weighted by atomic mass is 31.1. The van der Waals surface area contributed by atoms with Gasteiger partial charge in [0.1, 0.15) is 0 Å².